The molecule has 4 rings (SSSR count). The van der Waals surface area contributed by atoms with E-state index in [2.05, 4.69) is 18.2 Å². The zero-order chi connectivity index (χ0) is 22.4. The van der Waals surface area contributed by atoms with Crippen LogP contribution in [0.4, 0.5) is 0 Å². The normalized spacial score (nSPS) is 24.7. The van der Waals surface area contributed by atoms with Gasteiger partial charge in [-0.15, -0.1) is 0 Å². The van der Waals surface area contributed by atoms with Crippen LogP contribution in [-0.4, -0.2) is 44.2 Å². The molecule has 3 N–H and O–H groups in total. The number of aliphatic hydroxyl groups is 1. The first kappa shape index (κ1) is 27.1. The Labute approximate surface area is 185 Å². The predicted octanol–water partition coefficient (Wildman–Crippen LogP) is 5.24. The second kappa shape index (κ2) is 15.8. The number of hydrogen-bond acceptors (Lipinski definition) is 4. The van der Waals surface area contributed by atoms with E-state index in [4.69, 9.17) is 20.3 Å². The molecule has 174 valence electrons. The molecule has 1 saturated heterocycles. The summed E-state index contributed by atoms with van der Waals surface area (Å²) in [6.07, 6.45) is 10.4. The van der Waals surface area contributed by atoms with E-state index in [9.17, 15) is 0 Å². The summed E-state index contributed by atoms with van der Waals surface area (Å²) in [6.45, 7) is 10.5. The fourth-order valence-electron chi connectivity index (χ4n) is 4.60. The maximum atomic E-state index is 7.00. The maximum Gasteiger partial charge on any atom is 0.104 e. The fourth-order valence-corrected chi connectivity index (χ4v) is 4.60. The van der Waals surface area contributed by atoms with Gasteiger partial charge in [-0.05, 0) is 79.9 Å². The van der Waals surface area contributed by atoms with E-state index in [1.807, 2.05) is 27.7 Å². The zero-order valence-corrected chi connectivity index (χ0v) is 20.2. The molecule has 0 aromatic heterocycles. The molecular weight excluding hydrogens is 374 g/mol. The third-order valence-corrected chi connectivity index (χ3v) is 6.22. The number of nitrogens with two attached hydrogens (primary N) is 1. The second-order valence-corrected chi connectivity index (χ2v) is 8.08. The van der Waals surface area contributed by atoms with Gasteiger partial charge in [0.25, 0.3) is 0 Å². The molecule has 1 aromatic carbocycles. The number of ether oxygens (including phenoxy) is 2. The molecule has 4 heteroatoms. The highest BCUT2D eigenvalue weighted by molar-refractivity contribution is 5.36. The highest BCUT2D eigenvalue weighted by atomic mass is 16.6. The van der Waals surface area contributed by atoms with Crippen molar-refractivity contribution >= 4 is 0 Å². The topological polar surface area (TPSA) is 64.7 Å². The Hall–Kier alpha value is -0.940. The zero-order valence-electron chi connectivity index (χ0n) is 20.2. The number of benzene rings is 1. The van der Waals surface area contributed by atoms with Crippen LogP contribution in [0.5, 0.6) is 0 Å². The molecule has 3 aliphatic rings. The first-order chi connectivity index (χ1) is 14.8. The molecule has 1 aliphatic heterocycles. The van der Waals surface area contributed by atoms with Crippen LogP contribution in [0.25, 0.3) is 0 Å². The van der Waals surface area contributed by atoms with E-state index in [-0.39, 0.29) is 0 Å². The molecule has 0 radical (unpaired) electrons. The lowest BCUT2D eigenvalue weighted by atomic mass is 9.80. The van der Waals surface area contributed by atoms with Crippen LogP contribution in [0.1, 0.15) is 88.8 Å². The minimum Gasteiger partial charge on any atom is -0.400 e. The Morgan fingerprint density at radius 2 is 1.77 bits per heavy atom. The van der Waals surface area contributed by atoms with Gasteiger partial charge >= 0.3 is 0 Å². The third kappa shape index (κ3) is 8.30. The molecule has 0 bridgehead atoms. The maximum absolute atomic E-state index is 7.00. The van der Waals surface area contributed by atoms with Gasteiger partial charge in [-0.3, -0.25) is 0 Å². The molecule has 1 heterocycles. The lowest BCUT2D eigenvalue weighted by Crippen LogP contribution is -2.36. The van der Waals surface area contributed by atoms with Crippen molar-refractivity contribution in [3.63, 3.8) is 0 Å². The van der Waals surface area contributed by atoms with Gasteiger partial charge in [0, 0.05) is 19.8 Å². The molecule has 2 unspecified atom stereocenters. The van der Waals surface area contributed by atoms with Crippen molar-refractivity contribution in [2.24, 2.45) is 11.7 Å². The number of aryl methyl sites for hydroxylation is 1. The molecule has 3 atom stereocenters. The summed E-state index contributed by atoms with van der Waals surface area (Å²) < 4.78 is 10.9. The van der Waals surface area contributed by atoms with Crippen LogP contribution in [0.3, 0.4) is 0 Å². The van der Waals surface area contributed by atoms with Crippen LogP contribution in [0.2, 0.25) is 0 Å². The van der Waals surface area contributed by atoms with Gasteiger partial charge in [-0.1, -0.05) is 45.9 Å². The standard InChI is InChI=1S/C21H31NO2.2C2H6.CH4O/c22-20-8-7-19(12-20)18-6-5-16-10-15(3-4-17(16)11-18)2-1-9-24-21-13-23-14-21;3*1-2/h5-6,11,15,19-21H,1-4,7-10,12-14,22H2;2*1-2H3;2H,1H3/t15-,19?,20?;;;/m0.../s1. The first-order valence-corrected chi connectivity index (χ1v) is 12.3. The Kier molecular flexibility index (Phi) is 14.3. The Balaban J connectivity index is 0.000000691. The van der Waals surface area contributed by atoms with Crippen LogP contribution in [0.15, 0.2) is 18.2 Å². The van der Waals surface area contributed by atoms with Crippen molar-refractivity contribution in [2.45, 2.75) is 97.1 Å². The molecule has 1 aromatic rings. The second-order valence-electron chi connectivity index (χ2n) is 8.08. The first-order valence-electron chi connectivity index (χ1n) is 12.3. The minimum atomic E-state index is 0.374. The lowest BCUT2D eigenvalue weighted by Gasteiger charge is -2.28. The average molecular weight is 422 g/mol. The van der Waals surface area contributed by atoms with Crippen molar-refractivity contribution in [3.8, 4) is 0 Å². The van der Waals surface area contributed by atoms with Gasteiger partial charge in [-0.25, -0.2) is 0 Å². The number of fused-ring (bicyclic) bond motifs is 1. The summed E-state index contributed by atoms with van der Waals surface area (Å²) in [6, 6.07) is 7.70. The largest absolute Gasteiger partial charge is 0.400 e. The van der Waals surface area contributed by atoms with Gasteiger partial charge in [0.2, 0.25) is 0 Å². The number of hydrogen-bond donors (Lipinski definition) is 2. The van der Waals surface area contributed by atoms with Gasteiger partial charge in [-0.2, -0.15) is 0 Å². The summed E-state index contributed by atoms with van der Waals surface area (Å²) in [5.74, 6) is 1.54. The van der Waals surface area contributed by atoms with E-state index in [1.54, 1.807) is 11.1 Å². The van der Waals surface area contributed by atoms with Gasteiger partial charge < -0.3 is 20.3 Å². The van der Waals surface area contributed by atoms with E-state index >= 15 is 0 Å². The molecular formula is C26H47NO3. The molecule has 30 heavy (non-hydrogen) atoms. The smallest absolute Gasteiger partial charge is 0.104 e. The monoisotopic (exact) mass is 421 g/mol. The van der Waals surface area contributed by atoms with Crippen LogP contribution < -0.4 is 5.73 Å². The van der Waals surface area contributed by atoms with Crippen molar-refractivity contribution in [1.82, 2.24) is 0 Å². The van der Waals surface area contributed by atoms with E-state index < -0.39 is 0 Å². The fraction of sp³-hybridized carbons (Fsp3) is 0.769. The Morgan fingerprint density at radius 3 is 2.37 bits per heavy atom. The van der Waals surface area contributed by atoms with Crippen LogP contribution in [-0.2, 0) is 22.3 Å². The van der Waals surface area contributed by atoms with Gasteiger partial charge in [0.1, 0.15) is 6.10 Å². The van der Waals surface area contributed by atoms with Crippen LogP contribution in [0, 0.1) is 5.92 Å². The summed E-state index contributed by atoms with van der Waals surface area (Å²) >= 11 is 0. The minimum absolute atomic E-state index is 0.374. The average Bonchev–Trinajstić information content (AvgIpc) is 3.22. The van der Waals surface area contributed by atoms with E-state index in [0.717, 1.165) is 32.8 Å². The summed E-state index contributed by atoms with van der Waals surface area (Å²) in [4.78, 5) is 0. The molecule has 0 amide bonds. The summed E-state index contributed by atoms with van der Waals surface area (Å²) in [7, 11) is 1.00. The third-order valence-electron chi connectivity index (χ3n) is 6.22. The Bertz CT molecular complexity index is 559. The SMILES string of the molecule is CC.CC.CO.NC1CCC(c2ccc3c(c2)CC[C@H](CCCOC2COC2)C3)C1. The van der Waals surface area contributed by atoms with Crippen molar-refractivity contribution in [1.29, 1.82) is 0 Å². The quantitative estimate of drug-likeness (QED) is 0.616. The molecule has 0 spiro atoms. The van der Waals surface area contributed by atoms with E-state index in [0.29, 0.717) is 18.1 Å². The summed E-state index contributed by atoms with van der Waals surface area (Å²) in [5, 5.41) is 7.00. The summed E-state index contributed by atoms with van der Waals surface area (Å²) in [5.41, 5.74) is 10.8. The lowest BCUT2D eigenvalue weighted by molar-refractivity contribution is -0.130. The molecule has 1 saturated carbocycles. The van der Waals surface area contributed by atoms with Crippen molar-refractivity contribution in [3.05, 3.63) is 34.9 Å². The molecule has 4 nitrogen and oxygen atoms in total. The highest BCUT2D eigenvalue weighted by Gasteiger charge is 2.25. The van der Waals surface area contributed by atoms with Crippen LogP contribution >= 0.6 is 0 Å². The Morgan fingerprint density at radius 1 is 1.03 bits per heavy atom. The van der Waals surface area contributed by atoms with Gasteiger partial charge in [0.05, 0.1) is 13.2 Å². The number of aliphatic hydroxyl groups excluding tert-OH is 1. The predicted molar refractivity (Wildman–Crippen MR) is 127 cm³/mol. The molecule has 2 fully saturated rings. The van der Waals surface area contributed by atoms with E-state index in [1.165, 1.54) is 56.9 Å². The number of rotatable bonds is 6. The highest BCUT2D eigenvalue weighted by Crippen LogP contribution is 2.36. The van der Waals surface area contributed by atoms with Gasteiger partial charge in [0.15, 0.2) is 0 Å². The van der Waals surface area contributed by atoms with Crippen molar-refractivity contribution in [2.75, 3.05) is 26.9 Å². The van der Waals surface area contributed by atoms with Crippen molar-refractivity contribution < 1.29 is 14.6 Å². The molecule has 2 aliphatic carbocycles.